The van der Waals surface area contributed by atoms with Gasteiger partial charge in [-0.05, 0) is 24.3 Å². The molecule has 3 nitrogen and oxygen atoms in total. The Kier molecular flexibility index (Phi) is 6.33. The predicted octanol–water partition coefficient (Wildman–Crippen LogP) is 2.80. The van der Waals surface area contributed by atoms with Gasteiger partial charge in [-0.3, -0.25) is 0 Å². The number of carboxylic acids is 1. The van der Waals surface area contributed by atoms with Crippen molar-refractivity contribution in [3.8, 4) is 0 Å². The largest absolute Gasteiger partial charge is 0.480 e. The molecule has 0 heterocycles. The van der Waals surface area contributed by atoms with E-state index in [2.05, 4.69) is 30.3 Å². The van der Waals surface area contributed by atoms with Crippen LogP contribution in [-0.4, -0.2) is 22.8 Å². The van der Waals surface area contributed by atoms with Gasteiger partial charge in [0, 0.05) is 0 Å². The summed E-state index contributed by atoms with van der Waals surface area (Å²) in [5.74, 6) is -0.329. The Morgan fingerprint density at radius 3 is 2.12 bits per heavy atom. The van der Waals surface area contributed by atoms with Crippen molar-refractivity contribution in [3.63, 3.8) is 0 Å². The fourth-order valence-electron chi connectivity index (χ4n) is 2.16. The molecule has 1 aromatic rings. The van der Waals surface area contributed by atoms with Gasteiger partial charge in [0.2, 0.25) is 0 Å². The molecular formula is C14H20O3. The molecule has 0 spiro atoms. The van der Waals surface area contributed by atoms with E-state index in [-0.39, 0.29) is 0 Å². The molecule has 0 saturated heterocycles. The number of aliphatic hydroxyl groups is 1. The molecule has 17 heavy (non-hydrogen) atoms. The van der Waals surface area contributed by atoms with E-state index in [1.165, 1.54) is 32.1 Å². The van der Waals surface area contributed by atoms with Crippen molar-refractivity contribution in [3.05, 3.63) is 35.9 Å². The van der Waals surface area contributed by atoms with Crippen LogP contribution < -0.4 is 0 Å². The van der Waals surface area contributed by atoms with Crippen LogP contribution >= 0.6 is 0 Å². The van der Waals surface area contributed by atoms with Crippen LogP contribution in [0.2, 0.25) is 0 Å². The molecular weight excluding hydrogens is 216 g/mol. The highest BCUT2D eigenvalue weighted by molar-refractivity contribution is 5.67. The molecule has 1 aliphatic carbocycles. The number of hydrogen-bond donors (Lipinski definition) is 2. The standard InChI is InChI=1S/C12H16.C2H4O3/c1-3-7-11(8-4-1)12-9-5-2-6-10-12;3-1-2(4)5/h1,3-4,7-8,12H,2,5-6,9-10H2;3H,1H2,(H,4,5). The highest BCUT2D eigenvalue weighted by Crippen LogP contribution is 2.31. The number of benzene rings is 1. The molecule has 0 aliphatic heterocycles. The van der Waals surface area contributed by atoms with E-state index in [1.807, 2.05) is 0 Å². The van der Waals surface area contributed by atoms with E-state index in [4.69, 9.17) is 15.0 Å². The summed E-state index contributed by atoms with van der Waals surface area (Å²) >= 11 is 0. The van der Waals surface area contributed by atoms with E-state index in [0.29, 0.717) is 0 Å². The van der Waals surface area contributed by atoms with Gasteiger partial charge in [-0.2, -0.15) is 0 Å². The van der Waals surface area contributed by atoms with Crippen LogP contribution in [0, 0.1) is 0 Å². The zero-order valence-corrected chi connectivity index (χ0v) is 10.0. The lowest BCUT2D eigenvalue weighted by Gasteiger charge is -2.21. The minimum Gasteiger partial charge on any atom is -0.480 e. The van der Waals surface area contributed by atoms with E-state index >= 15 is 0 Å². The number of aliphatic hydroxyl groups excluding tert-OH is 1. The summed E-state index contributed by atoms with van der Waals surface area (Å²) in [7, 11) is 0. The zero-order chi connectivity index (χ0) is 12.5. The van der Waals surface area contributed by atoms with Gasteiger partial charge < -0.3 is 10.2 Å². The minimum absolute atomic E-state index is 0.778. The van der Waals surface area contributed by atoms with Crippen LogP contribution in [-0.2, 0) is 4.79 Å². The quantitative estimate of drug-likeness (QED) is 0.830. The lowest BCUT2D eigenvalue weighted by atomic mass is 9.84. The van der Waals surface area contributed by atoms with E-state index in [1.54, 1.807) is 5.56 Å². The van der Waals surface area contributed by atoms with Gasteiger partial charge >= 0.3 is 5.97 Å². The zero-order valence-electron chi connectivity index (χ0n) is 10.0. The van der Waals surface area contributed by atoms with Crippen LogP contribution in [0.4, 0.5) is 0 Å². The molecule has 0 atom stereocenters. The maximum Gasteiger partial charge on any atom is 0.329 e. The Labute approximate surface area is 102 Å². The smallest absolute Gasteiger partial charge is 0.329 e. The monoisotopic (exact) mass is 236 g/mol. The van der Waals surface area contributed by atoms with Gasteiger partial charge in [0.05, 0.1) is 0 Å². The van der Waals surface area contributed by atoms with Gasteiger partial charge in [-0.15, -0.1) is 0 Å². The Hall–Kier alpha value is -1.35. The number of carboxylic acid groups (broad SMARTS) is 1. The number of carbonyl (C=O) groups is 1. The molecule has 1 saturated carbocycles. The molecule has 2 N–H and O–H groups in total. The van der Waals surface area contributed by atoms with Gasteiger partial charge in [0.25, 0.3) is 0 Å². The molecule has 1 fully saturated rings. The lowest BCUT2D eigenvalue weighted by molar-refractivity contribution is -0.140. The number of rotatable bonds is 2. The molecule has 0 amide bonds. The average molecular weight is 236 g/mol. The fraction of sp³-hybridized carbons (Fsp3) is 0.500. The highest BCUT2D eigenvalue weighted by atomic mass is 16.4. The van der Waals surface area contributed by atoms with E-state index in [0.717, 1.165) is 5.92 Å². The van der Waals surface area contributed by atoms with Crippen molar-refractivity contribution >= 4 is 5.97 Å². The van der Waals surface area contributed by atoms with Gasteiger partial charge in [-0.1, -0.05) is 49.6 Å². The fourth-order valence-corrected chi connectivity index (χ4v) is 2.16. The van der Waals surface area contributed by atoms with Crippen molar-refractivity contribution in [2.75, 3.05) is 6.61 Å². The Bertz CT molecular complexity index is 315. The normalized spacial score (nSPS) is 15.8. The molecule has 0 unspecified atom stereocenters. The van der Waals surface area contributed by atoms with Crippen molar-refractivity contribution in [1.82, 2.24) is 0 Å². The third-order valence-corrected chi connectivity index (χ3v) is 3.01. The SMILES string of the molecule is O=C(O)CO.c1ccc(C2CCCCC2)cc1. The summed E-state index contributed by atoms with van der Waals surface area (Å²) in [6.07, 6.45) is 7.12. The van der Waals surface area contributed by atoms with Crippen LogP contribution in [0.3, 0.4) is 0 Å². The van der Waals surface area contributed by atoms with Crippen molar-refractivity contribution in [2.24, 2.45) is 0 Å². The molecule has 0 bridgehead atoms. The van der Waals surface area contributed by atoms with Gasteiger partial charge in [0.15, 0.2) is 0 Å². The second-order valence-corrected chi connectivity index (χ2v) is 4.30. The number of aliphatic carboxylic acids is 1. The van der Waals surface area contributed by atoms with Crippen molar-refractivity contribution < 1.29 is 15.0 Å². The van der Waals surface area contributed by atoms with Crippen LogP contribution in [0.1, 0.15) is 43.6 Å². The molecule has 0 aromatic heterocycles. The summed E-state index contributed by atoms with van der Waals surface area (Å²) < 4.78 is 0. The second-order valence-electron chi connectivity index (χ2n) is 4.30. The summed E-state index contributed by atoms with van der Waals surface area (Å²) in [5.41, 5.74) is 1.55. The average Bonchev–Trinajstić information content (AvgIpc) is 2.41. The first-order valence-corrected chi connectivity index (χ1v) is 6.11. The van der Waals surface area contributed by atoms with Crippen LogP contribution in [0.25, 0.3) is 0 Å². The maximum atomic E-state index is 9.12. The van der Waals surface area contributed by atoms with Crippen molar-refractivity contribution in [1.29, 1.82) is 0 Å². The summed E-state index contributed by atoms with van der Waals surface area (Å²) in [6.45, 7) is -0.778. The minimum atomic E-state index is -1.19. The van der Waals surface area contributed by atoms with E-state index in [9.17, 15) is 0 Å². The Morgan fingerprint density at radius 2 is 1.65 bits per heavy atom. The molecule has 0 radical (unpaired) electrons. The van der Waals surface area contributed by atoms with Gasteiger partial charge in [0.1, 0.15) is 6.61 Å². The lowest BCUT2D eigenvalue weighted by Crippen LogP contribution is -2.03. The highest BCUT2D eigenvalue weighted by Gasteiger charge is 2.14. The number of hydrogen-bond acceptors (Lipinski definition) is 2. The summed E-state index contributed by atoms with van der Waals surface area (Å²) in [6, 6.07) is 11.0. The molecule has 1 aliphatic rings. The van der Waals surface area contributed by atoms with Crippen molar-refractivity contribution in [2.45, 2.75) is 38.0 Å². The Balaban J connectivity index is 0.000000249. The van der Waals surface area contributed by atoms with E-state index < -0.39 is 12.6 Å². The molecule has 94 valence electrons. The van der Waals surface area contributed by atoms with Crippen LogP contribution in [0.5, 0.6) is 0 Å². The molecule has 1 aromatic carbocycles. The topological polar surface area (TPSA) is 57.5 Å². The molecule has 3 heteroatoms. The summed E-state index contributed by atoms with van der Waals surface area (Å²) in [5, 5.41) is 15.0. The molecule has 2 rings (SSSR count). The third-order valence-electron chi connectivity index (χ3n) is 3.01. The van der Waals surface area contributed by atoms with Crippen LogP contribution in [0.15, 0.2) is 30.3 Å². The predicted molar refractivity (Wildman–Crippen MR) is 67.0 cm³/mol. The van der Waals surface area contributed by atoms with Gasteiger partial charge in [-0.25, -0.2) is 4.79 Å². The third kappa shape index (κ3) is 5.50. The summed E-state index contributed by atoms with van der Waals surface area (Å²) in [4.78, 5) is 9.12. The Morgan fingerprint density at radius 1 is 1.12 bits per heavy atom. The first kappa shape index (κ1) is 13.7. The first-order valence-electron chi connectivity index (χ1n) is 6.11. The first-order chi connectivity index (χ1) is 8.24. The maximum absolute atomic E-state index is 9.12. The second kappa shape index (κ2) is 7.85.